The zero-order chi connectivity index (χ0) is 20.9. The molecule has 172 valence electrons. The molecule has 1 saturated heterocycles. The average molecular weight is 532 g/mol. The molecule has 6 nitrogen and oxygen atoms in total. The molecule has 0 atom stereocenters. The molecule has 0 bridgehead atoms. The molecule has 1 aromatic carbocycles. The van der Waals surface area contributed by atoms with Crippen molar-refractivity contribution in [1.29, 1.82) is 0 Å². The molecule has 1 aliphatic heterocycles. The topological polar surface area (TPSA) is 52.1 Å². The van der Waals surface area contributed by atoms with Gasteiger partial charge in [0, 0.05) is 66.1 Å². The van der Waals surface area contributed by atoms with E-state index < -0.39 is 0 Å². The van der Waals surface area contributed by atoms with Gasteiger partial charge in [-0.2, -0.15) is 0 Å². The highest BCUT2D eigenvalue weighted by atomic mass is 127. The van der Waals surface area contributed by atoms with Crippen LogP contribution in [0.4, 0.5) is 0 Å². The van der Waals surface area contributed by atoms with Crippen LogP contribution in [-0.4, -0.2) is 75.3 Å². The predicted octanol–water partition coefficient (Wildman–Crippen LogP) is 3.17. The molecule has 0 unspecified atom stereocenters. The number of nitrogens with zero attached hydrogens (tertiary/aromatic N) is 3. The minimum atomic E-state index is 0. The number of hydrogen-bond donors (Lipinski definition) is 2. The summed E-state index contributed by atoms with van der Waals surface area (Å²) in [6, 6.07) is 8.74. The Kier molecular flexibility index (Phi) is 14.3. The third kappa shape index (κ3) is 10.4. The van der Waals surface area contributed by atoms with E-state index >= 15 is 0 Å². The Labute approximate surface area is 200 Å². The van der Waals surface area contributed by atoms with E-state index in [1.54, 1.807) is 0 Å². The normalized spacial score (nSPS) is 15.8. The molecule has 1 fully saturated rings. The fourth-order valence-corrected chi connectivity index (χ4v) is 3.49. The van der Waals surface area contributed by atoms with Crippen LogP contribution in [0, 0.1) is 5.92 Å². The Hall–Kier alpha value is -0.900. The van der Waals surface area contributed by atoms with Crippen LogP contribution in [-0.2, 0) is 17.8 Å². The Morgan fingerprint density at radius 3 is 2.37 bits per heavy atom. The summed E-state index contributed by atoms with van der Waals surface area (Å²) in [6.07, 6.45) is 0.980. The monoisotopic (exact) mass is 531 g/mol. The lowest BCUT2D eigenvalue weighted by atomic mass is 10.1. The summed E-state index contributed by atoms with van der Waals surface area (Å²) >= 11 is 0. The Balaban J connectivity index is 0.00000450. The molecule has 1 aromatic rings. The van der Waals surface area contributed by atoms with Gasteiger partial charge in [-0.05, 0) is 30.0 Å². The van der Waals surface area contributed by atoms with Gasteiger partial charge in [0.25, 0.3) is 0 Å². The molecule has 1 aliphatic rings. The van der Waals surface area contributed by atoms with E-state index in [0.717, 1.165) is 64.9 Å². The van der Waals surface area contributed by atoms with Crippen molar-refractivity contribution in [2.24, 2.45) is 10.9 Å². The van der Waals surface area contributed by atoms with Crippen molar-refractivity contribution in [1.82, 2.24) is 20.4 Å². The van der Waals surface area contributed by atoms with Crippen LogP contribution in [0.15, 0.2) is 29.3 Å². The SMILES string of the molecule is CCN1CCN(Cc2ccccc2CNC(=NC)NCCCOCC(C)C)CC1.I. The first-order valence-corrected chi connectivity index (χ1v) is 11.2. The van der Waals surface area contributed by atoms with Gasteiger partial charge in [-0.15, -0.1) is 24.0 Å². The fraction of sp³-hybridized carbons (Fsp3) is 0.696. The van der Waals surface area contributed by atoms with E-state index in [4.69, 9.17) is 4.74 Å². The molecule has 0 amide bonds. The van der Waals surface area contributed by atoms with E-state index in [9.17, 15) is 0 Å². The second kappa shape index (κ2) is 15.8. The molecule has 1 heterocycles. The van der Waals surface area contributed by atoms with Crippen LogP contribution in [0.1, 0.15) is 38.3 Å². The number of halogens is 1. The fourth-order valence-electron chi connectivity index (χ4n) is 3.49. The van der Waals surface area contributed by atoms with E-state index in [1.165, 1.54) is 24.2 Å². The van der Waals surface area contributed by atoms with Gasteiger partial charge in [0.05, 0.1) is 0 Å². The number of likely N-dealkylation sites (N-methyl/N-ethyl adjacent to an activating group) is 1. The summed E-state index contributed by atoms with van der Waals surface area (Å²) in [5.41, 5.74) is 2.75. The smallest absolute Gasteiger partial charge is 0.191 e. The lowest BCUT2D eigenvalue weighted by Crippen LogP contribution is -2.45. The van der Waals surface area contributed by atoms with Crippen LogP contribution in [0.25, 0.3) is 0 Å². The predicted molar refractivity (Wildman–Crippen MR) is 138 cm³/mol. The van der Waals surface area contributed by atoms with Crippen molar-refractivity contribution >= 4 is 29.9 Å². The van der Waals surface area contributed by atoms with Crippen LogP contribution in [0.2, 0.25) is 0 Å². The number of piperazine rings is 1. The largest absolute Gasteiger partial charge is 0.381 e. The number of rotatable bonds is 11. The van der Waals surface area contributed by atoms with Gasteiger partial charge in [0.1, 0.15) is 0 Å². The lowest BCUT2D eigenvalue weighted by molar-refractivity contribution is 0.108. The molecule has 0 aromatic heterocycles. The van der Waals surface area contributed by atoms with E-state index in [0.29, 0.717) is 5.92 Å². The van der Waals surface area contributed by atoms with Crippen LogP contribution in [0.3, 0.4) is 0 Å². The molecule has 0 spiro atoms. The number of hydrogen-bond acceptors (Lipinski definition) is 4. The molecule has 7 heteroatoms. The zero-order valence-corrected chi connectivity index (χ0v) is 21.7. The van der Waals surface area contributed by atoms with Crippen LogP contribution >= 0.6 is 24.0 Å². The second-order valence-corrected chi connectivity index (χ2v) is 8.15. The molecular weight excluding hydrogens is 489 g/mol. The minimum Gasteiger partial charge on any atom is -0.381 e. The number of benzene rings is 1. The van der Waals surface area contributed by atoms with Gasteiger partial charge in [-0.3, -0.25) is 9.89 Å². The molecule has 2 rings (SSSR count). The molecule has 2 N–H and O–H groups in total. The Morgan fingerprint density at radius 2 is 1.73 bits per heavy atom. The van der Waals surface area contributed by atoms with Crippen molar-refractivity contribution in [2.75, 3.05) is 59.5 Å². The van der Waals surface area contributed by atoms with Crippen molar-refractivity contribution in [3.8, 4) is 0 Å². The first-order valence-electron chi connectivity index (χ1n) is 11.2. The summed E-state index contributed by atoms with van der Waals surface area (Å²) in [5, 5.41) is 6.84. The first-order chi connectivity index (χ1) is 14.1. The van der Waals surface area contributed by atoms with Gasteiger partial charge in [-0.25, -0.2) is 0 Å². The first kappa shape index (κ1) is 27.1. The average Bonchev–Trinajstić information content (AvgIpc) is 2.74. The quantitative estimate of drug-likeness (QED) is 0.199. The van der Waals surface area contributed by atoms with Gasteiger partial charge < -0.3 is 20.3 Å². The van der Waals surface area contributed by atoms with Crippen LogP contribution < -0.4 is 10.6 Å². The molecular formula is C23H42IN5O. The maximum atomic E-state index is 5.63. The third-order valence-electron chi connectivity index (χ3n) is 5.30. The van der Waals surface area contributed by atoms with E-state index in [-0.39, 0.29) is 24.0 Å². The molecule has 30 heavy (non-hydrogen) atoms. The summed E-state index contributed by atoms with van der Waals surface area (Å²) in [6.45, 7) is 16.7. The zero-order valence-electron chi connectivity index (χ0n) is 19.3. The molecule has 0 radical (unpaired) electrons. The highest BCUT2D eigenvalue weighted by Gasteiger charge is 2.16. The number of guanidine groups is 1. The number of ether oxygens (including phenoxy) is 1. The highest BCUT2D eigenvalue weighted by Crippen LogP contribution is 2.13. The van der Waals surface area contributed by atoms with Gasteiger partial charge in [-0.1, -0.05) is 45.0 Å². The van der Waals surface area contributed by atoms with E-state index in [1.807, 2.05) is 7.05 Å². The minimum absolute atomic E-state index is 0. The summed E-state index contributed by atoms with van der Waals surface area (Å²) < 4.78 is 5.63. The van der Waals surface area contributed by atoms with Crippen molar-refractivity contribution in [3.05, 3.63) is 35.4 Å². The van der Waals surface area contributed by atoms with E-state index in [2.05, 4.69) is 70.5 Å². The standard InChI is InChI=1S/C23H41N5O.HI/c1-5-27-12-14-28(15-13-27)18-22-10-7-6-9-21(22)17-26-23(24-4)25-11-8-16-29-19-20(2)3;/h6-7,9-10,20H,5,8,11-19H2,1-4H3,(H2,24,25,26);1H. The van der Waals surface area contributed by atoms with Crippen molar-refractivity contribution in [2.45, 2.75) is 40.3 Å². The van der Waals surface area contributed by atoms with Gasteiger partial charge >= 0.3 is 0 Å². The lowest BCUT2D eigenvalue weighted by Gasteiger charge is -2.34. The highest BCUT2D eigenvalue weighted by molar-refractivity contribution is 14.0. The summed E-state index contributed by atoms with van der Waals surface area (Å²) in [4.78, 5) is 9.44. The molecule has 0 saturated carbocycles. The van der Waals surface area contributed by atoms with Crippen molar-refractivity contribution < 1.29 is 4.74 Å². The number of aliphatic imine (C=N–C) groups is 1. The van der Waals surface area contributed by atoms with Crippen LogP contribution in [0.5, 0.6) is 0 Å². The number of nitrogens with one attached hydrogen (secondary N) is 2. The third-order valence-corrected chi connectivity index (χ3v) is 5.30. The van der Waals surface area contributed by atoms with Gasteiger partial charge in [0.2, 0.25) is 0 Å². The molecule has 0 aliphatic carbocycles. The summed E-state index contributed by atoms with van der Waals surface area (Å²) in [5.74, 6) is 1.44. The summed E-state index contributed by atoms with van der Waals surface area (Å²) in [7, 11) is 1.82. The maximum absolute atomic E-state index is 5.63. The van der Waals surface area contributed by atoms with Gasteiger partial charge in [0.15, 0.2) is 5.96 Å². The second-order valence-electron chi connectivity index (χ2n) is 8.15. The Bertz CT molecular complexity index is 603. The van der Waals surface area contributed by atoms with Crippen molar-refractivity contribution in [3.63, 3.8) is 0 Å². The maximum Gasteiger partial charge on any atom is 0.191 e. The Morgan fingerprint density at radius 1 is 1.07 bits per heavy atom.